The summed E-state index contributed by atoms with van der Waals surface area (Å²) in [5.74, 6) is 0.510. The number of benzene rings is 2. The monoisotopic (exact) mass is 440 g/mol. The molecule has 0 spiro atoms. The minimum atomic E-state index is -0.797. The second-order valence-electron chi connectivity index (χ2n) is 7.57. The van der Waals surface area contributed by atoms with Crippen LogP contribution in [0.25, 0.3) is 33.5 Å². The molecule has 0 amide bonds. The fraction of sp³-hybridized carbons (Fsp3) is 0.318. The summed E-state index contributed by atoms with van der Waals surface area (Å²) in [4.78, 5) is 20.6. The van der Waals surface area contributed by atoms with Crippen LogP contribution in [-0.2, 0) is 16.1 Å². The fourth-order valence-electron chi connectivity index (χ4n) is 3.93. The predicted molar refractivity (Wildman–Crippen MR) is 114 cm³/mol. The molecule has 2 aromatic heterocycles. The molecular formula is C22H21FN4O5. The number of nitrogens with two attached hydrogens (primary N) is 1. The molecule has 9 nitrogen and oxygen atoms in total. The van der Waals surface area contributed by atoms with Crippen LogP contribution in [0, 0.1) is 5.82 Å². The van der Waals surface area contributed by atoms with Crippen molar-refractivity contribution < 1.29 is 27.8 Å². The van der Waals surface area contributed by atoms with Gasteiger partial charge in [-0.3, -0.25) is 0 Å². The Balaban J connectivity index is 1.67. The van der Waals surface area contributed by atoms with E-state index in [1.165, 1.54) is 13.2 Å². The Hall–Kier alpha value is -3.82. The van der Waals surface area contributed by atoms with Crippen molar-refractivity contribution >= 4 is 34.1 Å². The molecule has 1 atom stereocenters. The van der Waals surface area contributed by atoms with Gasteiger partial charge in [-0.15, -0.1) is 0 Å². The summed E-state index contributed by atoms with van der Waals surface area (Å²) in [6, 6.07) is 6.41. The number of fused-ring (bicyclic) bond motifs is 1. The highest BCUT2D eigenvalue weighted by molar-refractivity contribution is 5.89. The van der Waals surface area contributed by atoms with E-state index in [0.717, 1.165) is 18.4 Å². The molecule has 0 unspecified atom stereocenters. The highest BCUT2D eigenvalue weighted by Gasteiger charge is 2.23. The largest absolute Gasteiger partial charge is 0.491 e. The Morgan fingerprint density at radius 3 is 2.88 bits per heavy atom. The first-order valence-corrected chi connectivity index (χ1v) is 10.2. The summed E-state index contributed by atoms with van der Waals surface area (Å²) in [5, 5.41) is 0. The van der Waals surface area contributed by atoms with Gasteiger partial charge in [-0.2, -0.15) is 4.98 Å². The molecule has 0 aliphatic carbocycles. The van der Waals surface area contributed by atoms with Crippen molar-refractivity contribution in [3.8, 4) is 22.9 Å². The van der Waals surface area contributed by atoms with E-state index in [1.807, 2.05) is 4.57 Å². The number of nitrogens with zero attached hydrogens (tertiary/aromatic N) is 3. The molecule has 2 aromatic carbocycles. The highest BCUT2D eigenvalue weighted by atomic mass is 19.1. The van der Waals surface area contributed by atoms with Crippen LogP contribution in [0.4, 0.5) is 10.4 Å². The maximum absolute atomic E-state index is 14.7. The molecule has 4 aromatic rings. The van der Waals surface area contributed by atoms with Crippen molar-refractivity contribution in [1.29, 1.82) is 0 Å². The standard InChI is InChI=1S/C22H21FN4O5/c1-11(21(28)29-2)31-13-9-15-18-17(10-13)30-6-4-3-5-27(18)20(25-15)12-7-14(23)19-16(8-12)26-22(24)32-19/h7-11H,3-6H2,1-2H3,(H2,24,26)/t11-/m0/s1. The van der Waals surface area contributed by atoms with Crippen LogP contribution < -0.4 is 15.2 Å². The number of hydrogen-bond acceptors (Lipinski definition) is 8. The van der Waals surface area contributed by atoms with Crippen molar-refractivity contribution in [3.63, 3.8) is 0 Å². The molecule has 1 aliphatic heterocycles. The zero-order valence-corrected chi connectivity index (χ0v) is 17.6. The van der Waals surface area contributed by atoms with E-state index in [-0.39, 0.29) is 11.6 Å². The SMILES string of the molecule is COC(=O)[C@H](C)Oc1cc2c3c(c1)nc(-c1cc(F)c4oc(N)nc4c1)n3CCCCO2. The number of ether oxygens (including phenoxy) is 3. The van der Waals surface area contributed by atoms with Gasteiger partial charge in [-0.25, -0.2) is 14.2 Å². The lowest BCUT2D eigenvalue weighted by Gasteiger charge is -2.18. The Morgan fingerprint density at radius 1 is 1.22 bits per heavy atom. The van der Waals surface area contributed by atoms with E-state index in [2.05, 4.69) is 4.98 Å². The zero-order valence-electron chi connectivity index (χ0n) is 17.6. The van der Waals surface area contributed by atoms with Gasteiger partial charge >= 0.3 is 5.97 Å². The fourth-order valence-corrected chi connectivity index (χ4v) is 3.93. The number of hydrogen-bond donors (Lipinski definition) is 1. The van der Waals surface area contributed by atoms with Crippen LogP contribution in [0.1, 0.15) is 19.8 Å². The van der Waals surface area contributed by atoms with Gasteiger partial charge in [0.05, 0.1) is 19.2 Å². The molecule has 5 rings (SSSR count). The Morgan fingerprint density at radius 2 is 2.06 bits per heavy atom. The van der Waals surface area contributed by atoms with Crippen molar-refractivity contribution in [2.24, 2.45) is 0 Å². The lowest BCUT2D eigenvalue weighted by atomic mass is 10.1. The summed E-state index contributed by atoms with van der Waals surface area (Å²) in [7, 11) is 1.30. The molecule has 0 saturated carbocycles. The topological polar surface area (TPSA) is 115 Å². The van der Waals surface area contributed by atoms with Crippen LogP contribution in [0.2, 0.25) is 0 Å². The molecule has 1 aliphatic rings. The summed E-state index contributed by atoms with van der Waals surface area (Å²) < 4.78 is 38.3. The zero-order chi connectivity index (χ0) is 22.4. The number of halogens is 1. The smallest absolute Gasteiger partial charge is 0.346 e. The molecule has 166 valence electrons. The van der Waals surface area contributed by atoms with E-state index in [9.17, 15) is 9.18 Å². The Kier molecular flexibility index (Phi) is 4.84. The number of aromatic nitrogens is 3. The lowest BCUT2D eigenvalue weighted by molar-refractivity contribution is -0.147. The number of rotatable bonds is 4. The lowest BCUT2D eigenvalue weighted by Crippen LogP contribution is -2.24. The van der Waals surface area contributed by atoms with E-state index >= 15 is 0 Å². The number of imidazole rings is 1. The number of oxazole rings is 1. The molecule has 10 heteroatoms. The van der Waals surface area contributed by atoms with Gasteiger partial charge in [0.25, 0.3) is 6.01 Å². The molecule has 0 radical (unpaired) electrons. The summed E-state index contributed by atoms with van der Waals surface area (Å²) >= 11 is 0. The Bertz CT molecular complexity index is 1350. The minimum absolute atomic E-state index is 0.00605. The number of aryl methyl sites for hydroxylation is 1. The van der Waals surface area contributed by atoms with Crippen LogP contribution in [0.15, 0.2) is 28.7 Å². The van der Waals surface area contributed by atoms with Gasteiger partial charge in [0, 0.05) is 24.2 Å². The minimum Gasteiger partial charge on any atom is -0.491 e. The van der Waals surface area contributed by atoms with Gasteiger partial charge in [-0.05, 0) is 31.9 Å². The van der Waals surface area contributed by atoms with E-state index in [1.54, 1.807) is 25.1 Å². The number of carbonyl (C=O) groups excluding carboxylic acids is 1. The first-order chi connectivity index (χ1) is 15.4. The molecule has 3 heterocycles. The van der Waals surface area contributed by atoms with E-state index in [4.69, 9.17) is 29.3 Å². The number of anilines is 1. The molecule has 32 heavy (non-hydrogen) atoms. The maximum Gasteiger partial charge on any atom is 0.346 e. The normalized spacial score (nSPS) is 14.6. The molecular weight excluding hydrogens is 419 g/mol. The summed E-state index contributed by atoms with van der Waals surface area (Å²) in [5.41, 5.74) is 7.83. The van der Waals surface area contributed by atoms with Crippen molar-refractivity contribution in [3.05, 3.63) is 30.1 Å². The first-order valence-electron chi connectivity index (χ1n) is 10.2. The number of nitrogen functional groups attached to an aromatic ring is 1. The molecule has 0 saturated heterocycles. The van der Waals surface area contributed by atoms with Gasteiger partial charge in [0.15, 0.2) is 17.5 Å². The predicted octanol–water partition coefficient (Wildman–Crippen LogP) is 3.68. The second kappa shape index (κ2) is 7.70. The third kappa shape index (κ3) is 3.37. The molecule has 2 N–H and O–H groups in total. The van der Waals surface area contributed by atoms with Crippen molar-refractivity contribution in [2.75, 3.05) is 19.5 Å². The summed E-state index contributed by atoms with van der Waals surface area (Å²) in [6.07, 6.45) is 0.918. The number of esters is 1. The van der Waals surface area contributed by atoms with Crippen LogP contribution in [-0.4, -0.2) is 40.3 Å². The highest BCUT2D eigenvalue weighted by Crippen LogP contribution is 2.37. The van der Waals surface area contributed by atoms with Crippen molar-refractivity contribution in [1.82, 2.24) is 14.5 Å². The van der Waals surface area contributed by atoms with Crippen molar-refractivity contribution in [2.45, 2.75) is 32.4 Å². The average Bonchev–Trinajstić information content (AvgIpc) is 3.30. The van der Waals surface area contributed by atoms with Crippen LogP contribution >= 0.6 is 0 Å². The van der Waals surface area contributed by atoms with Gasteiger partial charge in [0.1, 0.15) is 28.4 Å². The molecule has 0 bridgehead atoms. The third-order valence-corrected chi connectivity index (χ3v) is 5.38. The van der Waals surface area contributed by atoms with Gasteiger partial charge in [0.2, 0.25) is 0 Å². The van der Waals surface area contributed by atoms with Gasteiger partial charge < -0.3 is 28.9 Å². The first kappa shape index (κ1) is 20.1. The second-order valence-corrected chi connectivity index (χ2v) is 7.57. The van der Waals surface area contributed by atoms with Gasteiger partial charge in [-0.1, -0.05) is 0 Å². The van der Waals surface area contributed by atoms with Crippen LogP contribution in [0.5, 0.6) is 11.5 Å². The third-order valence-electron chi connectivity index (χ3n) is 5.38. The van der Waals surface area contributed by atoms with E-state index in [0.29, 0.717) is 47.1 Å². The number of carbonyl (C=O) groups is 1. The molecule has 0 fully saturated rings. The average molecular weight is 440 g/mol. The number of methoxy groups -OCH3 is 1. The maximum atomic E-state index is 14.7. The van der Waals surface area contributed by atoms with Crippen LogP contribution in [0.3, 0.4) is 0 Å². The Labute approximate surface area is 181 Å². The summed E-state index contributed by atoms with van der Waals surface area (Å²) in [6.45, 7) is 2.83. The quantitative estimate of drug-likeness (QED) is 0.478. The van der Waals surface area contributed by atoms with E-state index < -0.39 is 17.9 Å².